The van der Waals surface area contributed by atoms with Gasteiger partial charge in [0.05, 0.1) is 17.4 Å². The van der Waals surface area contributed by atoms with Crippen LogP contribution in [0.25, 0.3) is 0 Å². The van der Waals surface area contributed by atoms with E-state index in [4.69, 9.17) is 5.11 Å². The zero-order valence-corrected chi connectivity index (χ0v) is 10.1. The quantitative estimate of drug-likeness (QED) is 0.856. The Morgan fingerprint density at radius 3 is 2.72 bits per heavy atom. The number of aromatic nitrogens is 1. The molecule has 5 heteroatoms. The van der Waals surface area contributed by atoms with Gasteiger partial charge in [0.1, 0.15) is 0 Å². The van der Waals surface area contributed by atoms with Crippen LogP contribution in [0.3, 0.4) is 0 Å². The van der Waals surface area contributed by atoms with Crippen LogP contribution in [0.1, 0.15) is 42.5 Å². The van der Waals surface area contributed by atoms with Gasteiger partial charge in [0.15, 0.2) is 0 Å². The third-order valence-electron chi connectivity index (χ3n) is 3.22. The minimum absolute atomic E-state index is 0.0637. The SMILES string of the molecule is O=C(CC1CCCC1)Nc1cncc(C(=O)O)c1. The molecule has 1 aliphatic carbocycles. The van der Waals surface area contributed by atoms with Crippen LogP contribution in [0, 0.1) is 5.92 Å². The number of carbonyl (C=O) groups excluding carboxylic acids is 1. The molecule has 1 heterocycles. The van der Waals surface area contributed by atoms with Crippen molar-refractivity contribution in [3.63, 3.8) is 0 Å². The molecule has 1 amide bonds. The minimum atomic E-state index is -1.05. The summed E-state index contributed by atoms with van der Waals surface area (Å²) in [4.78, 5) is 26.3. The zero-order chi connectivity index (χ0) is 13.0. The second kappa shape index (κ2) is 5.62. The predicted molar refractivity (Wildman–Crippen MR) is 66.4 cm³/mol. The number of hydrogen-bond donors (Lipinski definition) is 2. The highest BCUT2D eigenvalue weighted by Crippen LogP contribution is 2.27. The van der Waals surface area contributed by atoms with E-state index in [2.05, 4.69) is 10.3 Å². The topological polar surface area (TPSA) is 79.3 Å². The summed E-state index contributed by atoms with van der Waals surface area (Å²) in [6.07, 6.45) is 7.86. The lowest BCUT2D eigenvalue weighted by Gasteiger charge is -2.09. The third kappa shape index (κ3) is 3.29. The smallest absolute Gasteiger partial charge is 0.337 e. The summed E-state index contributed by atoms with van der Waals surface area (Å²) >= 11 is 0. The molecule has 0 unspecified atom stereocenters. The van der Waals surface area contributed by atoms with Gasteiger partial charge >= 0.3 is 5.97 Å². The number of nitrogens with zero attached hydrogens (tertiary/aromatic N) is 1. The number of amides is 1. The van der Waals surface area contributed by atoms with Gasteiger partial charge in [-0.25, -0.2) is 4.79 Å². The molecule has 0 bridgehead atoms. The van der Waals surface area contributed by atoms with Crippen molar-refractivity contribution in [2.24, 2.45) is 5.92 Å². The summed E-state index contributed by atoms with van der Waals surface area (Å²) in [7, 11) is 0. The fourth-order valence-corrected chi connectivity index (χ4v) is 2.31. The Bertz CT molecular complexity index is 453. The van der Waals surface area contributed by atoms with Crippen molar-refractivity contribution in [1.82, 2.24) is 4.98 Å². The van der Waals surface area contributed by atoms with Crippen LogP contribution in [0.15, 0.2) is 18.5 Å². The second-order valence-electron chi connectivity index (χ2n) is 4.67. The summed E-state index contributed by atoms with van der Waals surface area (Å²) in [5.41, 5.74) is 0.520. The van der Waals surface area contributed by atoms with Crippen LogP contribution in [-0.2, 0) is 4.79 Å². The van der Waals surface area contributed by atoms with Gasteiger partial charge < -0.3 is 10.4 Å². The van der Waals surface area contributed by atoms with Crippen molar-refractivity contribution >= 4 is 17.6 Å². The Morgan fingerprint density at radius 1 is 1.33 bits per heavy atom. The molecule has 1 aliphatic rings. The van der Waals surface area contributed by atoms with E-state index in [1.165, 1.54) is 31.3 Å². The minimum Gasteiger partial charge on any atom is -0.478 e. The van der Waals surface area contributed by atoms with E-state index in [1.807, 2.05) is 0 Å². The van der Waals surface area contributed by atoms with E-state index in [0.29, 0.717) is 18.0 Å². The molecule has 1 fully saturated rings. The maximum Gasteiger partial charge on any atom is 0.337 e. The molecule has 0 atom stereocenters. The Balaban J connectivity index is 1.93. The van der Waals surface area contributed by atoms with Crippen molar-refractivity contribution in [2.75, 3.05) is 5.32 Å². The third-order valence-corrected chi connectivity index (χ3v) is 3.22. The monoisotopic (exact) mass is 248 g/mol. The fraction of sp³-hybridized carbons (Fsp3) is 0.462. The van der Waals surface area contributed by atoms with Crippen LogP contribution in [0.2, 0.25) is 0 Å². The van der Waals surface area contributed by atoms with Crippen molar-refractivity contribution in [3.8, 4) is 0 Å². The molecule has 1 aromatic rings. The van der Waals surface area contributed by atoms with Crippen molar-refractivity contribution < 1.29 is 14.7 Å². The molecule has 1 aromatic heterocycles. The molecular formula is C13H16N2O3. The lowest BCUT2D eigenvalue weighted by molar-refractivity contribution is -0.117. The first kappa shape index (κ1) is 12.5. The molecule has 0 aromatic carbocycles. The lowest BCUT2D eigenvalue weighted by atomic mass is 10.0. The van der Waals surface area contributed by atoms with Gasteiger partial charge in [-0.2, -0.15) is 0 Å². The number of pyridine rings is 1. The van der Waals surface area contributed by atoms with Crippen molar-refractivity contribution in [2.45, 2.75) is 32.1 Å². The first-order valence-electron chi connectivity index (χ1n) is 6.13. The number of hydrogen-bond acceptors (Lipinski definition) is 3. The van der Waals surface area contributed by atoms with Crippen LogP contribution < -0.4 is 5.32 Å². The summed E-state index contributed by atoms with van der Waals surface area (Å²) in [5, 5.41) is 11.5. The first-order chi connectivity index (χ1) is 8.65. The molecule has 0 spiro atoms. The number of carbonyl (C=O) groups is 2. The highest BCUT2D eigenvalue weighted by molar-refractivity contribution is 5.93. The Labute approximate surface area is 105 Å². The molecule has 96 valence electrons. The van der Waals surface area contributed by atoms with Crippen LogP contribution in [0.4, 0.5) is 5.69 Å². The van der Waals surface area contributed by atoms with Gasteiger partial charge in [-0.15, -0.1) is 0 Å². The molecule has 2 N–H and O–H groups in total. The molecule has 5 nitrogen and oxygen atoms in total. The van der Waals surface area contributed by atoms with Gasteiger partial charge in [0.25, 0.3) is 0 Å². The normalized spacial score (nSPS) is 15.6. The number of carboxylic acids is 1. The van der Waals surface area contributed by atoms with Gasteiger partial charge in [0, 0.05) is 12.6 Å². The van der Waals surface area contributed by atoms with Crippen LogP contribution >= 0.6 is 0 Å². The van der Waals surface area contributed by atoms with E-state index in [1.54, 1.807) is 0 Å². The van der Waals surface area contributed by atoms with Crippen molar-refractivity contribution in [3.05, 3.63) is 24.0 Å². The Kier molecular flexibility index (Phi) is 3.92. The van der Waals surface area contributed by atoms with E-state index in [0.717, 1.165) is 12.8 Å². The highest BCUT2D eigenvalue weighted by atomic mass is 16.4. The van der Waals surface area contributed by atoms with Crippen LogP contribution in [-0.4, -0.2) is 22.0 Å². The Morgan fingerprint density at radius 2 is 2.06 bits per heavy atom. The highest BCUT2D eigenvalue weighted by Gasteiger charge is 2.18. The van der Waals surface area contributed by atoms with E-state index in [9.17, 15) is 9.59 Å². The van der Waals surface area contributed by atoms with Crippen molar-refractivity contribution in [1.29, 1.82) is 0 Å². The molecular weight excluding hydrogens is 232 g/mol. The maximum absolute atomic E-state index is 11.8. The molecule has 18 heavy (non-hydrogen) atoms. The lowest BCUT2D eigenvalue weighted by Crippen LogP contribution is -2.15. The van der Waals surface area contributed by atoms with E-state index < -0.39 is 5.97 Å². The number of anilines is 1. The maximum atomic E-state index is 11.8. The van der Waals surface area contributed by atoms with Gasteiger partial charge in [0.2, 0.25) is 5.91 Å². The molecule has 0 saturated heterocycles. The summed E-state index contributed by atoms with van der Waals surface area (Å²) in [6.45, 7) is 0. The van der Waals surface area contributed by atoms with E-state index >= 15 is 0 Å². The molecule has 1 saturated carbocycles. The number of nitrogens with one attached hydrogen (secondary N) is 1. The average molecular weight is 248 g/mol. The number of aromatic carboxylic acids is 1. The fourth-order valence-electron chi connectivity index (χ4n) is 2.31. The van der Waals surface area contributed by atoms with E-state index in [-0.39, 0.29) is 11.5 Å². The predicted octanol–water partition coefficient (Wildman–Crippen LogP) is 2.30. The van der Waals surface area contributed by atoms with Gasteiger partial charge in [-0.3, -0.25) is 9.78 Å². The first-order valence-corrected chi connectivity index (χ1v) is 6.13. The summed E-state index contributed by atoms with van der Waals surface area (Å²) in [5.74, 6) is -0.638. The summed E-state index contributed by atoms with van der Waals surface area (Å²) < 4.78 is 0. The molecule has 0 radical (unpaired) electrons. The summed E-state index contributed by atoms with van der Waals surface area (Å²) in [6, 6.07) is 1.42. The molecule has 2 rings (SSSR count). The zero-order valence-electron chi connectivity index (χ0n) is 10.1. The standard InChI is InChI=1S/C13H16N2O3/c16-12(5-9-3-1-2-4-9)15-11-6-10(13(17)18)7-14-8-11/h6-9H,1-5H2,(H,15,16)(H,17,18). The average Bonchev–Trinajstić information content (AvgIpc) is 2.82. The Hall–Kier alpha value is -1.91. The van der Waals surface area contributed by atoms with Gasteiger partial charge in [-0.05, 0) is 24.8 Å². The molecule has 0 aliphatic heterocycles. The largest absolute Gasteiger partial charge is 0.478 e. The van der Waals surface area contributed by atoms with Crippen LogP contribution in [0.5, 0.6) is 0 Å². The second-order valence-corrected chi connectivity index (χ2v) is 4.67. The van der Waals surface area contributed by atoms with Gasteiger partial charge in [-0.1, -0.05) is 12.8 Å². The number of rotatable bonds is 4. The number of carboxylic acid groups (broad SMARTS) is 1.